The molecule has 1 saturated carbocycles. The van der Waals surface area contributed by atoms with Gasteiger partial charge in [0, 0.05) is 5.92 Å². The van der Waals surface area contributed by atoms with Crippen LogP contribution in [0.3, 0.4) is 0 Å². The number of imidazole rings is 1. The Balaban J connectivity index is 1.47. The zero-order chi connectivity index (χ0) is 20.2. The number of hydrogen-bond acceptors (Lipinski definition) is 2. The standard InChI is InChI=1S/C26H26N2O/c1-16-8-10-17(11-9-16)20-15-21(20)25-27-23-13-12-18(14-24(23)28-25)19-6-4-5-7-22(19)26(2,3)29/h4-14,20-21,29H,15H2,1-3H3,(H,27,28)/t20-,21-/m0/s1. The monoisotopic (exact) mass is 382 g/mol. The molecule has 0 radical (unpaired) electrons. The van der Waals surface area contributed by atoms with Crippen molar-refractivity contribution in [3.63, 3.8) is 0 Å². The van der Waals surface area contributed by atoms with Crippen LogP contribution in [0.25, 0.3) is 22.2 Å². The van der Waals surface area contributed by atoms with Crippen molar-refractivity contribution in [2.75, 3.05) is 0 Å². The minimum atomic E-state index is -0.889. The summed E-state index contributed by atoms with van der Waals surface area (Å²) in [7, 11) is 0. The Morgan fingerprint density at radius 3 is 2.48 bits per heavy atom. The second-order valence-electron chi connectivity index (χ2n) is 8.82. The van der Waals surface area contributed by atoms with Crippen LogP contribution in [0, 0.1) is 6.92 Å². The Morgan fingerprint density at radius 2 is 1.72 bits per heavy atom. The molecule has 5 rings (SSSR count). The number of aromatic amines is 1. The fraction of sp³-hybridized carbons (Fsp3) is 0.269. The van der Waals surface area contributed by atoms with Crippen molar-refractivity contribution >= 4 is 11.0 Å². The summed E-state index contributed by atoms with van der Waals surface area (Å²) in [4.78, 5) is 8.43. The first-order valence-electron chi connectivity index (χ1n) is 10.3. The Bertz CT molecular complexity index is 1180. The fourth-order valence-corrected chi connectivity index (χ4v) is 4.32. The summed E-state index contributed by atoms with van der Waals surface area (Å²) in [6.45, 7) is 5.79. The van der Waals surface area contributed by atoms with Gasteiger partial charge < -0.3 is 10.1 Å². The van der Waals surface area contributed by atoms with Crippen LogP contribution >= 0.6 is 0 Å². The van der Waals surface area contributed by atoms with E-state index in [0.717, 1.165) is 40.0 Å². The highest BCUT2D eigenvalue weighted by atomic mass is 16.3. The Hall–Kier alpha value is -2.91. The Labute approximate surface area is 171 Å². The highest BCUT2D eigenvalue weighted by Gasteiger charge is 2.41. The quantitative estimate of drug-likeness (QED) is 0.452. The zero-order valence-electron chi connectivity index (χ0n) is 17.1. The van der Waals surface area contributed by atoms with Gasteiger partial charge in [0.2, 0.25) is 0 Å². The number of aryl methyl sites for hydroxylation is 1. The normalized spacial score (nSPS) is 18.9. The van der Waals surface area contributed by atoms with Gasteiger partial charge >= 0.3 is 0 Å². The average Bonchev–Trinajstić information content (AvgIpc) is 3.39. The van der Waals surface area contributed by atoms with Crippen molar-refractivity contribution in [1.82, 2.24) is 9.97 Å². The van der Waals surface area contributed by atoms with Crippen molar-refractivity contribution < 1.29 is 5.11 Å². The van der Waals surface area contributed by atoms with Crippen LogP contribution in [0.2, 0.25) is 0 Å². The van der Waals surface area contributed by atoms with Gasteiger partial charge in [0.05, 0.1) is 16.6 Å². The van der Waals surface area contributed by atoms with Gasteiger partial charge in [-0.1, -0.05) is 60.2 Å². The largest absolute Gasteiger partial charge is 0.386 e. The summed E-state index contributed by atoms with van der Waals surface area (Å²) in [6.07, 6.45) is 1.15. The third kappa shape index (κ3) is 3.36. The Morgan fingerprint density at radius 1 is 0.966 bits per heavy atom. The highest BCUT2D eigenvalue weighted by molar-refractivity contribution is 5.83. The number of hydrogen-bond donors (Lipinski definition) is 2. The molecule has 0 saturated heterocycles. The second-order valence-corrected chi connectivity index (χ2v) is 8.82. The summed E-state index contributed by atoms with van der Waals surface area (Å²) >= 11 is 0. The molecule has 0 aliphatic heterocycles. The van der Waals surface area contributed by atoms with E-state index in [9.17, 15) is 5.11 Å². The van der Waals surface area contributed by atoms with Gasteiger partial charge in [-0.15, -0.1) is 0 Å². The molecule has 3 aromatic carbocycles. The number of H-pyrrole nitrogens is 1. The molecule has 1 aliphatic carbocycles. The van der Waals surface area contributed by atoms with Crippen LogP contribution in [0.15, 0.2) is 66.7 Å². The predicted molar refractivity (Wildman–Crippen MR) is 118 cm³/mol. The van der Waals surface area contributed by atoms with Crippen molar-refractivity contribution in [2.24, 2.45) is 0 Å². The van der Waals surface area contributed by atoms with Gasteiger partial charge in [0.25, 0.3) is 0 Å². The topological polar surface area (TPSA) is 48.9 Å². The summed E-state index contributed by atoms with van der Waals surface area (Å²) in [5.41, 5.74) is 6.95. The van der Waals surface area contributed by atoms with E-state index in [-0.39, 0.29) is 0 Å². The van der Waals surface area contributed by atoms with E-state index in [1.165, 1.54) is 11.1 Å². The number of nitrogens with zero attached hydrogens (tertiary/aromatic N) is 1. The minimum Gasteiger partial charge on any atom is -0.386 e. The predicted octanol–water partition coefficient (Wildman–Crippen LogP) is 6.04. The lowest BCUT2D eigenvalue weighted by atomic mass is 9.89. The lowest BCUT2D eigenvalue weighted by Gasteiger charge is -2.21. The maximum atomic E-state index is 10.6. The molecule has 3 nitrogen and oxygen atoms in total. The molecular weight excluding hydrogens is 356 g/mol. The van der Waals surface area contributed by atoms with E-state index in [2.05, 4.69) is 60.4 Å². The molecule has 3 heteroatoms. The molecule has 146 valence electrons. The SMILES string of the molecule is Cc1ccc([C@@H]2C[C@@H]2c2nc3ccc(-c4ccccc4C(C)(C)O)cc3[nH]2)cc1. The van der Waals surface area contributed by atoms with Crippen molar-refractivity contribution in [3.05, 3.63) is 89.2 Å². The third-order valence-corrected chi connectivity index (χ3v) is 6.04. The van der Waals surface area contributed by atoms with Crippen LogP contribution in [0.5, 0.6) is 0 Å². The molecule has 1 fully saturated rings. The second kappa shape index (κ2) is 6.57. The van der Waals surface area contributed by atoms with Crippen molar-refractivity contribution in [3.8, 4) is 11.1 Å². The first-order chi connectivity index (χ1) is 13.9. The molecule has 1 aliphatic rings. The van der Waals surface area contributed by atoms with Gasteiger partial charge in [-0.2, -0.15) is 0 Å². The van der Waals surface area contributed by atoms with E-state index >= 15 is 0 Å². The first kappa shape index (κ1) is 18.1. The molecule has 4 aromatic rings. The summed E-state index contributed by atoms with van der Waals surface area (Å²) in [5, 5.41) is 10.6. The lowest BCUT2D eigenvalue weighted by molar-refractivity contribution is 0.0792. The molecule has 2 atom stereocenters. The minimum absolute atomic E-state index is 0.470. The third-order valence-electron chi connectivity index (χ3n) is 6.04. The average molecular weight is 383 g/mol. The zero-order valence-corrected chi connectivity index (χ0v) is 17.1. The molecule has 1 heterocycles. The maximum absolute atomic E-state index is 10.6. The summed E-state index contributed by atoms with van der Waals surface area (Å²) in [5.74, 6) is 2.11. The first-order valence-corrected chi connectivity index (χ1v) is 10.3. The van der Waals surface area contributed by atoms with Gasteiger partial charge in [-0.25, -0.2) is 4.98 Å². The number of benzene rings is 3. The van der Waals surface area contributed by atoms with Gasteiger partial charge in [-0.3, -0.25) is 0 Å². The molecule has 1 aromatic heterocycles. The van der Waals surface area contributed by atoms with Crippen LogP contribution in [0.4, 0.5) is 0 Å². The van der Waals surface area contributed by atoms with Gasteiger partial charge in [-0.05, 0) is 67.5 Å². The van der Waals surface area contributed by atoms with E-state index < -0.39 is 5.60 Å². The molecule has 0 unspecified atom stereocenters. The Kier molecular flexibility index (Phi) is 4.11. The van der Waals surface area contributed by atoms with E-state index in [1.807, 2.05) is 32.0 Å². The summed E-state index contributed by atoms with van der Waals surface area (Å²) < 4.78 is 0. The summed E-state index contributed by atoms with van der Waals surface area (Å²) in [6, 6.07) is 23.3. The smallest absolute Gasteiger partial charge is 0.110 e. The van der Waals surface area contributed by atoms with Crippen LogP contribution in [-0.2, 0) is 5.60 Å². The molecular formula is C26H26N2O. The number of fused-ring (bicyclic) bond motifs is 1. The molecule has 0 amide bonds. The van der Waals surface area contributed by atoms with Crippen LogP contribution < -0.4 is 0 Å². The van der Waals surface area contributed by atoms with E-state index in [4.69, 9.17) is 4.98 Å². The molecule has 0 spiro atoms. The van der Waals surface area contributed by atoms with Crippen molar-refractivity contribution in [1.29, 1.82) is 0 Å². The van der Waals surface area contributed by atoms with E-state index in [0.29, 0.717) is 11.8 Å². The molecule has 29 heavy (non-hydrogen) atoms. The van der Waals surface area contributed by atoms with Gasteiger partial charge in [0.15, 0.2) is 0 Å². The fourth-order valence-electron chi connectivity index (χ4n) is 4.32. The number of aliphatic hydroxyl groups is 1. The van der Waals surface area contributed by atoms with E-state index in [1.54, 1.807) is 0 Å². The van der Waals surface area contributed by atoms with Crippen molar-refractivity contribution in [2.45, 2.75) is 44.6 Å². The number of nitrogens with one attached hydrogen (secondary N) is 1. The number of aromatic nitrogens is 2. The maximum Gasteiger partial charge on any atom is 0.110 e. The molecule has 0 bridgehead atoms. The number of rotatable bonds is 4. The lowest BCUT2D eigenvalue weighted by Crippen LogP contribution is -2.16. The van der Waals surface area contributed by atoms with Crippen LogP contribution in [0.1, 0.15) is 54.6 Å². The van der Waals surface area contributed by atoms with Crippen LogP contribution in [-0.4, -0.2) is 15.1 Å². The van der Waals surface area contributed by atoms with Gasteiger partial charge in [0.1, 0.15) is 5.82 Å². The highest BCUT2D eigenvalue weighted by Crippen LogP contribution is 2.54. The molecule has 2 N–H and O–H groups in total.